The number of carbonyl (C=O) groups is 2. The van der Waals surface area contributed by atoms with Gasteiger partial charge in [0.1, 0.15) is 23.7 Å². The summed E-state index contributed by atoms with van der Waals surface area (Å²) < 4.78 is 53.7. The van der Waals surface area contributed by atoms with E-state index in [0.29, 0.717) is 14.4 Å². The molecule has 2 aromatic rings. The van der Waals surface area contributed by atoms with Crippen LogP contribution in [0.25, 0.3) is 0 Å². The molecule has 0 saturated carbocycles. The lowest BCUT2D eigenvalue weighted by atomic mass is 10.0. The highest BCUT2D eigenvalue weighted by Crippen LogP contribution is 2.36. The molecule has 2 amide bonds. The monoisotopic (exact) mass is 538 g/mol. The van der Waals surface area contributed by atoms with Crippen molar-refractivity contribution in [1.29, 1.82) is 0 Å². The number of amides is 2. The Balaban J connectivity index is 1.81. The van der Waals surface area contributed by atoms with E-state index in [1.807, 2.05) is 0 Å². The summed E-state index contributed by atoms with van der Waals surface area (Å²) in [6.07, 6.45) is -0.861. The van der Waals surface area contributed by atoms with E-state index in [-0.39, 0.29) is 24.9 Å². The van der Waals surface area contributed by atoms with Crippen molar-refractivity contribution in [3.63, 3.8) is 0 Å². The van der Waals surface area contributed by atoms with E-state index in [1.54, 1.807) is 11.4 Å². The number of nitrogens with two attached hydrogens (primary N) is 1. The summed E-state index contributed by atoms with van der Waals surface area (Å²) in [6, 6.07) is 3.53. The highest BCUT2D eigenvalue weighted by molar-refractivity contribution is 9.10. The van der Waals surface area contributed by atoms with E-state index in [9.17, 15) is 32.0 Å². The topological polar surface area (TPSA) is 133 Å². The first-order valence-corrected chi connectivity index (χ1v) is 12.0. The van der Waals surface area contributed by atoms with Gasteiger partial charge in [-0.15, -0.1) is 11.3 Å². The maximum Gasteiger partial charge on any atom is 0.274 e. The molecule has 2 heterocycles. The van der Waals surface area contributed by atoms with Gasteiger partial charge in [0.25, 0.3) is 22.0 Å². The third-order valence-corrected chi connectivity index (χ3v) is 6.79. The average Bonchev–Trinajstić information content (AvgIpc) is 3.20. The Morgan fingerprint density at radius 3 is 2.52 bits per heavy atom. The molecule has 9 nitrogen and oxygen atoms in total. The van der Waals surface area contributed by atoms with Crippen LogP contribution in [0.3, 0.4) is 0 Å². The molecule has 0 radical (unpaired) electrons. The van der Waals surface area contributed by atoms with Crippen LogP contribution >= 0.6 is 27.3 Å². The molecule has 1 unspecified atom stereocenters. The zero-order valence-electron chi connectivity index (χ0n) is 15.7. The molecule has 1 saturated heterocycles. The number of hydrogen-bond donors (Lipinski definition) is 3. The zero-order valence-corrected chi connectivity index (χ0v) is 18.9. The quantitative estimate of drug-likeness (QED) is 0.365. The van der Waals surface area contributed by atoms with E-state index in [0.717, 1.165) is 28.4 Å². The van der Waals surface area contributed by atoms with Gasteiger partial charge in [-0.05, 0) is 52.5 Å². The Bertz CT molecular complexity index is 1100. The van der Waals surface area contributed by atoms with Crippen LogP contribution in [0.5, 0.6) is 0 Å². The first-order chi connectivity index (χ1) is 14.5. The van der Waals surface area contributed by atoms with Gasteiger partial charge in [0.15, 0.2) is 6.17 Å². The SMILES string of the molecule is NS(=O)(=O)NCCCc1cc(F)c(C(=O)N2CC(=O)N(O)C2c2cc(Br)cs2)c(F)c1. The number of hydroxylamine groups is 2. The van der Waals surface area contributed by atoms with E-state index >= 15 is 0 Å². The number of thiophene rings is 1. The molecule has 3 rings (SSSR count). The van der Waals surface area contributed by atoms with Gasteiger partial charge in [-0.25, -0.2) is 18.6 Å². The molecule has 168 valence electrons. The molecule has 1 aromatic heterocycles. The van der Waals surface area contributed by atoms with E-state index < -0.39 is 51.9 Å². The standard InChI is InChI=1S/C17H17BrF2N4O5S2/c18-10-6-13(30-8-10)16-23(7-14(25)24(16)27)17(26)15-11(19)4-9(5-12(15)20)2-1-3-22-31(21,28)29/h4-6,8,16,22,27H,1-3,7H2,(H2,21,28,29). The minimum atomic E-state index is -3.86. The smallest absolute Gasteiger partial charge is 0.274 e. The molecular weight excluding hydrogens is 522 g/mol. The molecule has 1 aliphatic heterocycles. The van der Waals surface area contributed by atoms with Crippen LogP contribution in [0.1, 0.15) is 33.4 Å². The summed E-state index contributed by atoms with van der Waals surface area (Å²) in [7, 11) is -3.86. The van der Waals surface area contributed by atoms with Gasteiger partial charge >= 0.3 is 0 Å². The maximum atomic E-state index is 14.7. The highest BCUT2D eigenvalue weighted by Gasteiger charge is 2.43. The van der Waals surface area contributed by atoms with Gasteiger partial charge in [-0.3, -0.25) is 14.8 Å². The summed E-state index contributed by atoms with van der Waals surface area (Å²) in [5.74, 6) is -4.14. The van der Waals surface area contributed by atoms with E-state index in [2.05, 4.69) is 20.7 Å². The predicted molar refractivity (Wildman–Crippen MR) is 110 cm³/mol. The van der Waals surface area contributed by atoms with Crippen molar-refractivity contribution < 1.29 is 32.0 Å². The Hall–Kier alpha value is -1.97. The van der Waals surface area contributed by atoms with Crippen LogP contribution in [-0.4, -0.2) is 48.5 Å². The molecule has 31 heavy (non-hydrogen) atoms. The summed E-state index contributed by atoms with van der Waals surface area (Å²) in [4.78, 5) is 26.2. The normalized spacial score (nSPS) is 16.9. The minimum absolute atomic E-state index is 0.0248. The first-order valence-electron chi connectivity index (χ1n) is 8.79. The van der Waals surface area contributed by atoms with Gasteiger partial charge in [0.2, 0.25) is 0 Å². The molecule has 1 fully saturated rings. The Morgan fingerprint density at radius 2 is 1.97 bits per heavy atom. The summed E-state index contributed by atoms with van der Waals surface area (Å²) >= 11 is 4.39. The number of halogens is 3. The number of nitrogens with zero attached hydrogens (tertiary/aromatic N) is 2. The van der Waals surface area contributed by atoms with Crippen LogP contribution in [0.15, 0.2) is 28.1 Å². The Kier molecular flexibility index (Phi) is 7.08. The fourth-order valence-electron chi connectivity index (χ4n) is 3.12. The molecule has 4 N–H and O–H groups in total. The van der Waals surface area contributed by atoms with Gasteiger partial charge in [0, 0.05) is 16.4 Å². The van der Waals surface area contributed by atoms with Crippen molar-refractivity contribution in [2.24, 2.45) is 5.14 Å². The Labute approximate surface area is 188 Å². The molecule has 1 aromatic carbocycles. The van der Waals surface area contributed by atoms with Crippen LogP contribution in [0, 0.1) is 11.6 Å². The lowest BCUT2D eigenvalue weighted by Crippen LogP contribution is -2.35. The van der Waals surface area contributed by atoms with Crippen molar-refractivity contribution in [3.8, 4) is 0 Å². The third-order valence-electron chi connectivity index (χ3n) is 4.45. The third kappa shape index (κ3) is 5.45. The van der Waals surface area contributed by atoms with E-state index in [4.69, 9.17) is 5.14 Å². The van der Waals surface area contributed by atoms with Crippen LogP contribution in [-0.2, 0) is 21.4 Å². The summed E-state index contributed by atoms with van der Waals surface area (Å²) in [5.41, 5.74) is -0.641. The maximum absolute atomic E-state index is 14.7. The molecule has 0 spiro atoms. The number of nitrogens with one attached hydrogen (secondary N) is 1. The second-order valence-corrected chi connectivity index (χ2v) is 9.93. The predicted octanol–water partition coefficient (Wildman–Crippen LogP) is 1.89. The summed E-state index contributed by atoms with van der Waals surface area (Å²) in [5, 5.41) is 16.9. The van der Waals surface area contributed by atoms with E-state index in [1.165, 1.54) is 0 Å². The van der Waals surface area contributed by atoms with Gasteiger partial charge < -0.3 is 4.90 Å². The molecule has 1 atom stereocenters. The first kappa shape index (κ1) is 23.7. The van der Waals surface area contributed by atoms with Gasteiger partial charge in [-0.1, -0.05) is 0 Å². The van der Waals surface area contributed by atoms with Crippen LogP contribution < -0.4 is 9.86 Å². The molecule has 14 heteroatoms. The number of carbonyl (C=O) groups excluding carboxylic acids is 2. The number of aryl methyl sites for hydroxylation is 1. The average molecular weight is 539 g/mol. The zero-order chi connectivity index (χ0) is 22.9. The lowest BCUT2D eigenvalue weighted by molar-refractivity contribution is -0.168. The van der Waals surface area contributed by atoms with Crippen molar-refractivity contribution in [3.05, 3.63) is 55.7 Å². The fourth-order valence-corrected chi connectivity index (χ4v) is 5.09. The second kappa shape index (κ2) is 9.26. The van der Waals surface area contributed by atoms with Gasteiger partial charge in [-0.2, -0.15) is 13.5 Å². The van der Waals surface area contributed by atoms with Gasteiger partial charge in [0.05, 0.1) is 4.88 Å². The summed E-state index contributed by atoms with van der Waals surface area (Å²) in [6.45, 7) is -0.571. The number of hydrogen-bond acceptors (Lipinski definition) is 6. The van der Waals surface area contributed by atoms with Crippen LogP contribution in [0.4, 0.5) is 8.78 Å². The number of rotatable bonds is 7. The van der Waals surface area contributed by atoms with Crippen molar-refractivity contribution >= 4 is 49.3 Å². The minimum Gasteiger partial charge on any atom is -0.302 e. The lowest BCUT2D eigenvalue weighted by Gasteiger charge is -2.25. The highest BCUT2D eigenvalue weighted by atomic mass is 79.9. The van der Waals surface area contributed by atoms with Crippen molar-refractivity contribution in [2.75, 3.05) is 13.1 Å². The molecule has 0 aliphatic carbocycles. The van der Waals surface area contributed by atoms with Crippen LogP contribution in [0.2, 0.25) is 0 Å². The largest absolute Gasteiger partial charge is 0.302 e. The van der Waals surface area contributed by atoms with Crippen molar-refractivity contribution in [1.82, 2.24) is 14.7 Å². The fraction of sp³-hybridized carbons (Fsp3) is 0.294. The second-order valence-electron chi connectivity index (χ2n) is 6.69. The Morgan fingerprint density at radius 1 is 1.32 bits per heavy atom. The molecule has 0 bridgehead atoms. The molecular formula is C17H17BrF2N4O5S2. The number of benzene rings is 1. The van der Waals surface area contributed by atoms with Crippen molar-refractivity contribution in [2.45, 2.75) is 19.0 Å². The molecule has 1 aliphatic rings.